The molecule has 3 atom stereocenters. The van der Waals surface area contributed by atoms with Crippen molar-refractivity contribution in [2.75, 3.05) is 25.0 Å². The highest BCUT2D eigenvalue weighted by Crippen LogP contribution is 2.33. The van der Waals surface area contributed by atoms with Gasteiger partial charge < -0.3 is 10.2 Å². The van der Waals surface area contributed by atoms with Crippen LogP contribution in [0.15, 0.2) is 18.2 Å². The Morgan fingerprint density at radius 1 is 1.29 bits per heavy atom. The highest BCUT2D eigenvalue weighted by molar-refractivity contribution is 5.56. The van der Waals surface area contributed by atoms with Crippen LogP contribution in [0.5, 0.6) is 0 Å². The zero-order chi connectivity index (χ0) is 14.8. The monoisotopic (exact) mass is 286 g/mol. The molecule has 1 N–H and O–H groups in total. The highest BCUT2D eigenvalue weighted by atomic mass is 15.1. The number of anilines is 1. The summed E-state index contributed by atoms with van der Waals surface area (Å²) in [4.78, 5) is 2.66. The van der Waals surface area contributed by atoms with Crippen molar-refractivity contribution in [1.29, 1.82) is 0 Å². The van der Waals surface area contributed by atoms with Gasteiger partial charge in [0.25, 0.3) is 0 Å². The van der Waals surface area contributed by atoms with E-state index in [0.29, 0.717) is 6.04 Å². The number of aryl methyl sites for hydroxylation is 2. The van der Waals surface area contributed by atoms with Crippen LogP contribution in [0.1, 0.15) is 43.7 Å². The van der Waals surface area contributed by atoms with Gasteiger partial charge in [-0.05, 0) is 69.5 Å². The summed E-state index contributed by atoms with van der Waals surface area (Å²) < 4.78 is 0. The fourth-order valence-corrected chi connectivity index (χ4v) is 4.36. The second-order valence-electron chi connectivity index (χ2n) is 7.26. The maximum absolute atomic E-state index is 3.57. The van der Waals surface area contributed by atoms with E-state index < -0.39 is 0 Å². The van der Waals surface area contributed by atoms with E-state index in [1.165, 1.54) is 56.4 Å². The predicted molar refractivity (Wildman–Crippen MR) is 91.1 cm³/mol. The average Bonchev–Trinajstić information content (AvgIpc) is 2.47. The molecule has 3 rings (SSSR count). The lowest BCUT2D eigenvalue weighted by Crippen LogP contribution is -2.45. The van der Waals surface area contributed by atoms with Crippen LogP contribution in [0, 0.1) is 18.8 Å². The smallest absolute Gasteiger partial charge is 0.0399 e. The molecule has 1 aromatic rings. The Morgan fingerprint density at radius 2 is 2.14 bits per heavy atom. The van der Waals surface area contributed by atoms with Crippen molar-refractivity contribution in [3.05, 3.63) is 29.3 Å². The summed E-state index contributed by atoms with van der Waals surface area (Å²) in [5.74, 6) is 1.69. The number of fused-ring (bicyclic) bond motifs is 1. The average molecular weight is 286 g/mol. The van der Waals surface area contributed by atoms with Crippen molar-refractivity contribution >= 4 is 5.69 Å². The number of nitrogens with zero attached hydrogens (tertiary/aromatic N) is 1. The highest BCUT2D eigenvalue weighted by Gasteiger charge is 2.30. The lowest BCUT2D eigenvalue weighted by molar-refractivity contribution is 0.223. The molecule has 0 spiro atoms. The molecule has 0 bridgehead atoms. The maximum atomic E-state index is 3.57. The summed E-state index contributed by atoms with van der Waals surface area (Å²) in [7, 11) is 2.14. The summed E-state index contributed by atoms with van der Waals surface area (Å²) in [6, 6.07) is 7.72. The molecule has 1 heterocycles. The Hall–Kier alpha value is -1.02. The lowest BCUT2D eigenvalue weighted by Gasteiger charge is -2.40. The van der Waals surface area contributed by atoms with Crippen LogP contribution in [0.2, 0.25) is 0 Å². The van der Waals surface area contributed by atoms with Crippen molar-refractivity contribution in [3.8, 4) is 0 Å². The summed E-state index contributed by atoms with van der Waals surface area (Å²) in [5.41, 5.74) is 4.46. The molecule has 2 nitrogen and oxygen atoms in total. The van der Waals surface area contributed by atoms with E-state index in [-0.39, 0.29) is 0 Å². The Morgan fingerprint density at radius 3 is 2.95 bits per heavy atom. The topological polar surface area (TPSA) is 15.3 Å². The van der Waals surface area contributed by atoms with Gasteiger partial charge in [0.15, 0.2) is 0 Å². The SMILES string of the molecule is CNC1CCC(C)CC1CN1CCCc2cc(C)ccc21. The molecule has 21 heavy (non-hydrogen) atoms. The molecular weight excluding hydrogens is 256 g/mol. The standard InChI is InChI=1S/C19H30N2/c1-14-6-8-18(20-3)17(12-14)13-21-10-4-5-16-11-15(2)7-9-19(16)21/h7,9,11,14,17-18,20H,4-6,8,10,12-13H2,1-3H3. The van der Waals surface area contributed by atoms with Gasteiger partial charge in [-0.1, -0.05) is 24.6 Å². The summed E-state index contributed by atoms with van der Waals surface area (Å²) in [6.45, 7) is 7.09. The maximum Gasteiger partial charge on any atom is 0.0399 e. The summed E-state index contributed by atoms with van der Waals surface area (Å²) >= 11 is 0. The van der Waals surface area contributed by atoms with Crippen LogP contribution >= 0.6 is 0 Å². The van der Waals surface area contributed by atoms with Crippen LogP contribution in [0.25, 0.3) is 0 Å². The third kappa shape index (κ3) is 3.26. The second kappa shape index (κ2) is 6.39. The van der Waals surface area contributed by atoms with E-state index in [4.69, 9.17) is 0 Å². The van der Waals surface area contributed by atoms with Crippen molar-refractivity contribution in [2.45, 2.75) is 52.0 Å². The normalized spacial score (nSPS) is 29.3. The third-order valence-corrected chi connectivity index (χ3v) is 5.52. The molecular formula is C19H30N2. The molecule has 1 aromatic carbocycles. The van der Waals surface area contributed by atoms with E-state index in [2.05, 4.69) is 49.3 Å². The van der Waals surface area contributed by atoms with Crippen LogP contribution < -0.4 is 10.2 Å². The number of rotatable bonds is 3. The van der Waals surface area contributed by atoms with Crippen LogP contribution in [0.4, 0.5) is 5.69 Å². The molecule has 0 radical (unpaired) electrons. The predicted octanol–water partition coefficient (Wildman–Crippen LogP) is 3.77. The minimum atomic E-state index is 0.706. The summed E-state index contributed by atoms with van der Waals surface area (Å²) in [6.07, 6.45) is 6.67. The van der Waals surface area contributed by atoms with Gasteiger partial charge in [0, 0.05) is 24.8 Å². The van der Waals surface area contributed by atoms with Crippen molar-refractivity contribution in [1.82, 2.24) is 5.32 Å². The Balaban J connectivity index is 1.76. The minimum absolute atomic E-state index is 0.706. The first-order valence-corrected chi connectivity index (χ1v) is 8.69. The van der Waals surface area contributed by atoms with E-state index in [9.17, 15) is 0 Å². The molecule has 2 heteroatoms. The molecule has 2 aliphatic rings. The van der Waals surface area contributed by atoms with Crippen LogP contribution in [-0.4, -0.2) is 26.2 Å². The Kier molecular flexibility index (Phi) is 4.54. The van der Waals surface area contributed by atoms with Gasteiger partial charge in [0.2, 0.25) is 0 Å². The van der Waals surface area contributed by atoms with Gasteiger partial charge in [0.1, 0.15) is 0 Å². The van der Waals surface area contributed by atoms with Gasteiger partial charge in [0.05, 0.1) is 0 Å². The van der Waals surface area contributed by atoms with Gasteiger partial charge >= 0.3 is 0 Å². The number of benzene rings is 1. The summed E-state index contributed by atoms with van der Waals surface area (Å²) in [5, 5.41) is 3.57. The van der Waals surface area contributed by atoms with E-state index in [1.54, 1.807) is 5.56 Å². The first-order chi connectivity index (χ1) is 10.2. The first-order valence-electron chi connectivity index (χ1n) is 8.69. The molecule has 1 aliphatic heterocycles. The molecule has 1 saturated carbocycles. The van der Waals surface area contributed by atoms with Gasteiger partial charge in [-0.3, -0.25) is 0 Å². The molecule has 1 aliphatic carbocycles. The molecule has 1 fully saturated rings. The number of hydrogen-bond acceptors (Lipinski definition) is 2. The lowest BCUT2D eigenvalue weighted by atomic mass is 9.78. The molecule has 116 valence electrons. The Labute approximate surface area is 129 Å². The van der Waals surface area contributed by atoms with Gasteiger partial charge in [-0.2, -0.15) is 0 Å². The minimum Gasteiger partial charge on any atom is -0.371 e. The van der Waals surface area contributed by atoms with Crippen molar-refractivity contribution in [3.63, 3.8) is 0 Å². The zero-order valence-electron chi connectivity index (χ0n) is 13.9. The largest absolute Gasteiger partial charge is 0.371 e. The van der Waals surface area contributed by atoms with Crippen LogP contribution in [0.3, 0.4) is 0 Å². The molecule has 3 unspecified atom stereocenters. The van der Waals surface area contributed by atoms with Gasteiger partial charge in [-0.15, -0.1) is 0 Å². The second-order valence-corrected chi connectivity index (χ2v) is 7.26. The van der Waals surface area contributed by atoms with Gasteiger partial charge in [-0.25, -0.2) is 0 Å². The fraction of sp³-hybridized carbons (Fsp3) is 0.684. The number of hydrogen-bond donors (Lipinski definition) is 1. The first kappa shape index (κ1) is 14.9. The van der Waals surface area contributed by atoms with Crippen molar-refractivity contribution in [2.24, 2.45) is 11.8 Å². The molecule has 0 aromatic heterocycles. The number of nitrogens with one attached hydrogen (secondary N) is 1. The van der Waals surface area contributed by atoms with Crippen molar-refractivity contribution < 1.29 is 0 Å². The third-order valence-electron chi connectivity index (χ3n) is 5.52. The quantitative estimate of drug-likeness (QED) is 0.910. The van der Waals surface area contributed by atoms with Crippen LogP contribution in [-0.2, 0) is 6.42 Å². The van der Waals surface area contributed by atoms with E-state index >= 15 is 0 Å². The molecule has 0 amide bonds. The zero-order valence-corrected chi connectivity index (χ0v) is 13.9. The fourth-order valence-electron chi connectivity index (χ4n) is 4.36. The molecule has 0 saturated heterocycles. The van der Waals surface area contributed by atoms with E-state index in [1.807, 2.05) is 0 Å². The van der Waals surface area contributed by atoms with E-state index in [0.717, 1.165) is 11.8 Å². The Bertz CT molecular complexity index is 482.